The van der Waals surface area contributed by atoms with Crippen LogP contribution in [0.2, 0.25) is 0 Å². The van der Waals surface area contributed by atoms with Crippen molar-refractivity contribution in [3.8, 4) is 0 Å². The first-order chi connectivity index (χ1) is 12.6. The van der Waals surface area contributed by atoms with E-state index in [0.717, 1.165) is 44.1 Å². The molecule has 3 aliphatic rings. The quantitative estimate of drug-likeness (QED) is 0.781. The van der Waals surface area contributed by atoms with Crippen molar-refractivity contribution in [1.29, 1.82) is 0 Å². The number of hydrogen-bond acceptors (Lipinski definition) is 3. The summed E-state index contributed by atoms with van der Waals surface area (Å²) in [6, 6.07) is 6.08. The molecule has 1 saturated carbocycles. The molecule has 3 fully saturated rings. The van der Waals surface area contributed by atoms with Gasteiger partial charge in [-0.1, -0.05) is 25.0 Å². The Bertz CT molecular complexity index is 709. The van der Waals surface area contributed by atoms with E-state index < -0.39 is 0 Å². The van der Waals surface area contributed by atoms with Crippen molar-refractivity contribution in [1.82, 2.24) is 9.80 Å². The standard InChI is InChI=1S/C20H23FN2O3/c21-14-9-7-13(8-10-14)17-6-3-11-22(17)18(24)12-23-19(25)15-4-1-2-5-16(15)20(23)26/h7-10,15-17H,1-6,11-12H2. The molecule has 0 bridgehead atoms. The average Bonchev–Trinajstić information content (AvgIpc) is 3.23. The number of likely N-dealkylation sites (tertiary alicyclic amines) is 2. The van der Waals surface area contributed by atoms with Gasteiger partial charge in [-0.05, 0) is 43.4 Å². The number of amides is 3. The molecular formula is C20H23FN2O3. The highest BCUT2D eigenvalue weighted by Crippen LogP contribution is 2.38. The van der Waals surface area contributed by atoms with Crippen LogP contribution in [-0.4, -0.2) is 40.6 Å². The molecule has 0 radical (unpaired) electrons. The Balaban J connectivity index is 1.48. The summed E-state index contributed by atoms with van der Waals surface area (Å²) in [7, 11) is 0. The van der Waals surface area contributed by atoms with E-state index in [4.69, 9.17) is 0 Å². The van der Waals surface area contributed by atoms with E-state index in [1.54, 1.807) is 17.0 Å². The van der Waals surface area contributed by atoms with Gasteiger partial charge in [0.1, 0.15) is 12.4 Å². The molecule has 2 heterocycles. The summed E-state index contributed by atoms with van der Waals surface area (Å²) in [5.74, 6) is -1.31. The molecule has 2 saturated heterocycles. The summed E-state index contributed by atoms with van der Waals surface area (Å²) in [5.41, 5.74) is 0.894. The Hall–Kier alpha value is -2.24. The zero-order valence-electron chi connectivity index (χ0n) is 14.7. The summed E-state index contributed by atoms with van der Waals surface area (Å²) >= 11 is 0. The van der Waals surface area contributed by atoms with Gasteiger partial charge in [0, 0.05) is 6.54 Å². The highest BCUT2D eigenvalue weighted by atomic mass is 19.1. The first-order valence-corrected chi connectivity index (χ1v) is 9.46. The number of imide groups is 1. The van der Waals surface area contributed by atoms with E-state index in [-0.39, 0.29) is 48.0 Å². The molecule has 6 heteroatoms. The van der Waals surface area contributed by atoms with Gasteiger partial charge < -0.3 is 4.90 Å². The van der Waals surface area contributed by atoms with Gasteiger partial charge in [0.2, 0.25) is 17.7 Å². The fourth-order valence-corrected chi connectivity index (χ4v) is 4.71. The van der Waals surface area contributed by atoms with Gasteiger partial charge in [0.25, 0.3) is 0 Å². The van der Waals surface area contributed by atoms with Gasteiger partial charge in [-0.15, -0.1) is 0 Å². The summed E-state index contributed by atoms with van der Waals surface area (Å²) in [6.45, 7) is 0.437. The molecule has 138 valence electrons. The van der Waals surface area contributed by atoms with Gasteiger partial charge in [-0.25, -0.2) is 4.39 Å². The fourth-order valence-electron chi connectivity index (χ4n) is 4.71. The number of fused-ring (bicyclic) bond motifs is 1. The first kappa shape index (κ1) is 17.2. The SMILES string of the molecule is O=C1C2CCCCC2C(=O)N1CC(=O)N1CCCC1c1ccc(F)cc1. The Morgan fingerprint density at radius 2 is 1.58 bits per heavy atom. The smallest absolute Gasteiger partial charge is 0.243 e. The molecule has 3 atom stereocenters. The van der Waals surface area contributed by atoms with Crippen molar-refractivity contribution < 1.29 is 18.8 Å². The third-order valence-corrected chi connectivity index (χ3v) is 6.05. The Kier molecular flexibility index (Phi) is 4.51. The fraction of sp³-hybridized carbons (Fsp3) is 0.550. The van der Waals surface area contributed by atoms with Gasteiger partial charge in [-0.3, -0.25) is 19.3 Å². The van der Waals surface area contributed by atoms with Crippen LogP contribution in [0.1, 0.15) is 50.1 Å². The number of carbonyl (C=O) groups is 3. The number of halogens is 1. The van der Waals surface area contributed by atoms with E-state index in [1.165, 1.54) is 17.0 Å². The number of hydrogen-bond donors (Lipinski definition) is 0. The van der Waals surface area contributed by atoms with E-state index in [1.807, 2.05) is 0 Å². The molecule has 26 heavy (non-hydrogen) atoms. The molecule has 0 spiro atoms. The molecule has 5 nitrogen and oxygen atoms in total. The molecule has 0 N–H and O–H groups in total. The molecule has 3 unspecified atom stereocenters. The van der Waals surface area contributed by atoms with E-state index in [2.05, 4.69) is 0 Å². The second-order valence-corrected chi connectivity index (χ2v) is 7.56. The molecule has 4 rings (SSSR count). The highest BCUT2D eigenvalue weighted by molar-refractivity contribution is 6.07. The molecule has 1 aromatic rings. The third-order valence-electron chi connectivity index (χ3n) is 6.05. The van der Waals surface area contributed by atoms with Crippen LogP contribution in [0.25, 0.3) is 0 Å². The highest BCUT2D eigenvalue weighted by Gasteiger charge is 2.49. The van der Waals surface area contributed by atoms with Gasteiger partial charge in [-0.2, -0.15) is 0 Å². The van der Waals surface area contributed by atoms with Crippen molar-refractivity contribution in [3.63, 3.8) is 0 Å². The van der Waals surface area contributed by atoms with Gasteiger partial charge >= 0.3 is 0 Å². The Morgan fingerprint density at radius 1 is 0.962 bits per heavy atom. The molecule has 1 aliphatic carbocycles. The molecule has 1 aromatic carbocycles. The maximum absolute atomic E-state index is 13.2. The normalized spacial score (nSPS) is 28.6. The van der Waals surface area contributed by atoms with Crippen LogP contribution in [-0.2, 0) is 14.4 Å². The molecule has 3 amide bonds. The van der Waals surface area contributed by atoms with Crippen LogP contribution in [0.3, 0.4) is 0 Å². The lowest BCUT2D eigenvalue weighted by Crippen LogP contribution is -2.43. The number of benzene rings is 1. The first-order valence-electron chi connectivity index (χ1n) is 9.46. The summed E-state index contributed by atoms with van der Waals surface area (Å²) in [6.07, 6.45) is 5.12. The average molecular weight is 358 g/mol. The zero-order chi connectivity index (χ0) is 18.3. The third kappa shape index (κ3) is 2.91. The van der Waals surface area contributed by atoms with Crippen molar-refractivity contribution >= 4 is 17.7 Å². The van der Waals surface area contributed by atoms with Crippen LogP contribution < -0.4 is 0 Å². The van der Waals surface area contributed by atoms with E-state index in [9.17, 15) is 18.8 Å². The minimum absolute atomic E-state index is 0.113. The zero-order valence-corrected chi connectivity index (χ0v) is 14.7. The number of rotatable bonds is 3. The minimum Gasteiger partial charge on any atom is -0.334 e. The Morgan fingerprint density at radius 3 is 2.19 bits per heavy atom. The maximum Gasteiger partial charge on any atom is 0.243 e. The molecule has 0 aromatic heterocycles. The largest absolute Gasteiger partial charge is 0.334 e. The summed E-state index contributed by atoms with van der Waals surface area (Å²) in [5, 5.41) is 0. The maximum atomic E-state index is 13.2. The molecular weight excluding hydrogens is 335 g/mol. The van der Waals surface area contributed by atoms with Crippen molar-refractivity contribution in [2.45, 2.75) is 44.6 Å². The van der Waals surface area contributed by atoms with Crippen molar-refractivity contribution in [2.75, 3.05) is 13.1 Å². The predicted octanol–water partition coefficient (Wildman–Crippen LogP) is 2.66. The Labute approximate surface area is 152 Å². The second-order valence-electron chi connectivity index (χ2n) is 7.56. The molecule has 2 aliphatic heterocycles. The van der Waals surface area contributed by atoms with Crippen molar-refractivity contribution in [3.05, 3.63) is 35.6 Å². The van der Waals surface area contributed by atoms with E-state index >= 15 is 0 Å². The van der Waals surface area contributed by atoms with Gasteiger partial charge in [0.15, 0.2) is 0 Å². The summed E-state index contributed by atoms with van der Waals surface area (Å²) in [4.78, 5) is 40.9. The monoisotopic (exact) mass is 358 g/mol. The van der Waals surface area contributed by atoms with Gasteiger partial charge in [0.05, 0.1) is 17.9 Å². The van der Waals surface area contributed by atoms with Crippen LogP contribution in [0.15, 0.2) is 24.3 Å². The van der Waals surface area contributed by atoms with Crippen LogP contribution in [0.4, 0.5) is 4.39 Å². The summed E-state index contributed by atoms with van der Waals surface area (Å²) < 4.78 is 13.2. The predicted molar refractivity (Wildman–Crippen MR) is 92.3 cm³/mol. The van der Waals surface area contributed by atoms with Crippen LogP contribution in [0.5, 0.6) is 0 Å². The number of carbonyl (C=O) groups excluding carboxylic acids is 3. The van der Waals surface area contributed by atoms with Crippen molar-refractivity contribution in [2.24, 2.45) is 11.8 Å². The van der Waals surface area contributed by atoms with Crippen LogP contribution >= 0.6 is 0 Å². The topological polar surface area (TPSA) is 57.7 Å². The second kappa shape index (κ2) is 6.82. The lowest BCUT2D eigenvalue weighted by atomic mass is 9.81. The van der Waals surface area contributed by atoms with Crippen LogP contribution in [0, 0.1) is 17.7 Å². The number of nitrogens with zero attached hydrogens (tertiary/aromatic N) is 2. The van der Waals surface area contributed by atoms with E-state index in [0.29, 0.717) is 6.54 Å². The lowest BCUT2D eigenvalue weighted by molar-refractivity contribution is -0.147. The lowest BCUT2D eigenvalue weighted by Gasteiger charge is -2.27. The minimum atomic E-state index is -0.305.